The summed E-state index contributed by atoms with van der Waals surface area (Å²) >= 11 is 0. The van der Waals surface area contributed by atoms with E-state index >= 15 is 0 Å². The van der Waals surface area contributed by atoms with Crippen molar-refractivity contribution in [2.75, 3.05) is 24.7 Å². The van der Waals surface area contributed by atoms with Crippen molar-refractivity contribution in [3.63, 3.8) is 0 Å². The molecule has 6 heteroatoms. The molecule has 104 valence electrons. The van der Waals surface area contributed by atoms with Crippen molar-refractivity contribution in [1.29, 1.82) is 0 Å². The van der Waals surface area contributed by atoms with Gasteiger partial charge in [-0.3, -0.25) is 4.79 Å². The molecule has 1 aliphatic heterocycles. The van der Waals surface area contributed by atoms with E-state index in [2.05, 4.69) is 10.6 Å². The SMILES string of the molecule is CS(=O)(=O)c1cccc(NC(=O)[C@H]2CCCNC2)c1. The van der Waals surface area contributed by atoms with Crippen molar-refractivity contribution >= 4 is 21.4 Å². The van der Waals surface area contributed by atoms with Gasteiger partial charge in [0.25, 0.3) is 0 Å². The summed E-state index contributed by atoms with van der Waals surface area (Å²) in [4.78, 5) is 12.2. The topological polar surface area (TPSA) is 75.3 Å². The van der Waals surface area contributed by atoms with Crippen LogP contribution in [0.25, 0.3) is 0 Å². The molecule has 0 unspecified atom stereocenters. The smallest absolute Gasteiger partial charge is 0.228 e. The van der Waals surface area contributed by atoms with E-state index in [1.165, 1.54) is 12.1 Å². The van der Waals surface area contributed by atoms with E-state index < -0.39 is 9.84 Å². The fraction of sp³-hybridized carbons (Fsp3) is 0.462. The molecule has 0 saturated carbocycles. The van der Waals surface area contributed by atoms with Crippen LogP contribution in [0.5, 0.6) is 0 Å². The van der Waals surface area contributed by atoms with Gasteiger partial charge in [-0.25, -0.2) is 8.42 Å². The average molecular weight is 282 g/mol. The van der Waals surface area contributed by atoms with Gasteiger partial charge in [-0.2, -0.15) is 0 Å². The Bertz CT molecular complexity index is 563. The highest BCUT2D eigenvalue weighted by Gasteiger charge is 2.21. The van der Waals surface area contributed by atoms with E-state index in [-0.39, 0.29) is 16.7 Å². The number of amides is 1. The van der Waals surface area contributed by atoms with Crippen molar-refractivity contribution in [3.8, 4) is 0 Å². The molecule has 1 atom stereocenters. The van der Waals surface area contributed by atoms with Crippen LogP contribution in [-0.4, -0.2) is 33.7 Å². The van der Waals surface area contributed by atoms with Gasteiger partial charge in [0.2, 0.25) is 5.91 Å². The van der Waals surface area contributed by atoms with Crippen LogP contribution >= 0.6 is 0 Å². The highest BCUT2D eigenvalue weighted by atomic mass is 32.2. The fourth-order valence-corrected chi connectivity index (χ4v) is 2.79. The summed E-state index contributed by atoms with van der Waals surface area (Å²) in [7, 11) is -3.25. The Kier molecular flexibility index (Phi) is 4.21. The molecule has 2 N–H and O–H groups in total. The Morgan fingerprint density at radius 1 is 1.42 bits per heavy atom. The zero-order valence-corrected chi connectivity index (χ0v) is 11.7. The first-order valence-corrected chi connectivity index (χ1v) is 8.17. The van der Waals surface area contributed by atoms with Crippen LogP contribution in [0.1, 0.15) is 12.8 Å². The molecule has 19 heavy (non-hydrogen) atoms. The Balaban J connectivity index is 2.08. The average Bonchev–Trinajstić information content (AvgIpc) is 2.39. The zero-order chi connectivity index (χ0) is 13.9. The Morgan fingerprint density at radius 3 is 2.84 bits per heavy atom. The number of anilines is 1. The third kappa shape index (κ3) is 3.78. The van der Waals surface area contributed by atoms with Gasteiger partial charge in [0.15, 0.2) is 9.84 Å². The third-order valence-corrected chi connectivity index (χ3v) is 4.31. The molecule has 1 aromatic carbocycles. The van der Waals surface area contributed by atoms with Crippen LogP contribution in [-0.2, 0) is 14.6 Å². The first-order chi connectivity index (χ1) is 8.97. The molecule has 0 radical (unpaired) electrons. The predicted molar refractivity (Wildman–Crippen MR) is 73.8 cm³/mol. The van der Waals surface area contributed by atoms with Crippen LogP contribution in [0.4, 0.5) is 5.69 Å². The quantitative estimate of drug-likeness (QED) is 0.868. The number of sulfone groups is 1. The largest absolute Gasteiger partial charge is 0.326 e. The monoisotopic (exact) mass is 282 g/mol. The van der Waals surface area contributed by atoms with Gasteiger partial charge >= 0.3 is 0 Å². The van der Waals surface area contributed by atoms with Crippen molar-refractivity contribution in [2.24, 2.45) is 5.92 Å². The zero-order valence-electron chi connectivity index (χ0n) is 10.8. The van der Waals surface area contributed by atoms with E-state index in [1.54, 1.807) is 12.1 Å². The van der Waals surface area contributed by atoms with Crippen molar-refractivity contribution < 1.29 is 13.2 Å². The number of carbonyl (C=O) groups is 1. The third-order valence-electron chi connectivity index (χ3n) is 3.20. The number of hydrogen-bond acceptors (Lipinski definition) is 4. The molecule has 0 bridgehead atoms. The van der Waals surface area contributed by atoms with E-state index in [1.807, 2.05) is 0 Å². The van der Waals surface area contributed by atoms with Crippen molar-refractivity contribution in [3.05, 3.63) is 24.3 Å². The van der Waals surface area contributed by atoms with Crippen LogP contribution in [0.3, 0.4) is 0 Å². The van der Waals surface area contributed by atoms with Crippen LogP contribution in [0.15, 0.2) is 29.2 Å². The van der Waals surface area contributed by atoms with Gasteiger partial charge in [0, 0.05) is 18.5 Å². The molecule has 0 spiro atoms. The molecule has 1 saturated heterocycles. The van der Waals surface area contributed by atoms with Gasteiger partial charge in [-0.1, -0.05) is 6.07 Å². The van der Waals surface area contributed by atoms with Gasteiger partial charge in [-0.05, 0) is 37.6 Å². The number of nitrogens with one attached hydrogen (secondary N) is 2. The lowest BCUT2D eigenvalue weighted by Gasteiger charge is -2.21. The summed E-state index contributed by atoms with van der Waals surface area (Å²) in [5, 5.41) is 5.96. The molecular weight excluding hydrogens is 264 g/mol. The van der Waals surface area contributed by atoms with Crippen molar-refractivity contribution in [2.45, 2.75) is 17.7 Å². The Hall–Kier alpha value is -1.40. The lowest BCUT2D eigenvalue weighted by Crippen LogP contribution is -2.37. The van der Waals surface area contributed by atoms with Gasteiger partial charge in [0.1, 0.15) is 0 Å². The lowest BCUT2D eigenvalue weighted by atomic mass is 9.99. The normalized spacial score (nSPS) is 19.9. The number of rotatable bonds is 3. The number of piperidine rings is 1. The molecular formula is C13H18N2O3S. The second-order valence-corrected chi connectivity index (χ2v) is 6.85. The van der Waals surface area contributed by atoms with E-state index in [0.29, 0.717) is 12.2 Å². The molecule has 1 fully saturated rings. The van der Waals surface area contributed by atoms with Crippen LogP contribution in [0, 0.1) is 5.92 Å². The Morgan fingerprint density at radius 2 is 2.21 bits per heavy atom. The van der Waals surface area contributed by atoms with Gasteiger partial charge in [0.05, 0.1) is 10.8 Å². The summed E-state index contributed by atoms with van der Waals surface area (Å²) in [6.07, 6.45) is 3.01. The molecule has 1 aromatic rings. The summed E-state index contributed by atoms with van der Waals surface area (Å²) in [6, 6.07) is 6.34. The second-order valence-electron chi connectivity index (χ2n) is 4.83. The maximum atomic E-state index is 12.0. The van der Waals surface area contributed by atoms with Crippen LogP contribution < -0.4 is 10.6 Å². The summed E-state index contributed by atoms with van der Waals surface area (Å²) in [5.74, 6) is -0.103. The minimum absolute atomic E-state index is 0.0457. The summed E-state index contributed by atoms with van der Waals surface area (Å²) in [6.45, 7) is 1.63. The minimum atomic E-state index is -3.25. The first kappa shape index (κ1) is 14.0. The molecule has 0 aliphatic carbocycles. The summed E-state index contributed by atoms with van der Waals surface area (Å²) in [5.41, 5.74) is 0.526. The molecule has 5 nitrogen and oxygen atoms in total. The maximum Gasteiger partial charge on any atom is 0.228 e. The fourth-order valence-electron chi connectivity index (χ4n) is 2.12. The van der Waals surface area contributed by atoms with Gasteiger partial charge in [-0.15, -0.1) is 0 Å². The molecule has 1 heterocycles. The highest BCUT2D eigenvalue weighted by molar-refractivity contribution is 7.90. The highest BCUT2D eigenvalue weighted by Crippen LogP contribution is 2.17. The van der Waals surface area contributed by atoms with Crippen molar-refractivity contribution in [1.82, 2.24) is 5.32 Å². The Labute approximate surface area is 113 Å². The number of carbonyl (C=O) groups excluding carboxylic acids is 1. The van der Waals surface area contributed by atoms with E-state index in [0.717, 1.165) is 25.6 Å². The first-order valence-electron chi connectivity index (χ1n) is 6.28. The van der Waals surface area contributed by atoms with Crippen LogP contribution in [0.2, 0.25) is 0 Å². The van der Waals surface area contributed by atoms with E-state index in [9.17, 15) is 13.2 Å². The minimum Gasteiger partial charge on any atom is -0.326 e. The van der Waals surface area contributed by atoms with E-state index in [4.69, 9.17) is 0 Å². The predicted octanol–water partition coefficient (Wildman–Crippen LogP) is 1.03. The number of hydrogen-bond donors (Lipinski definition) is 2. The standard InChI is InChI=1S/C13H18N2O3S/c1-19(17,18)12-6-2-5-11(8-12)15-13(16)10-4-3-7-14-9-10/h2,5-6,8,10,14H,3-4,7,9H2,1H3,(H,15,16)/t10-/m0/s1. The molecule has 2 rings (SSSR count). The molecule has 0 aromatic heterocycles. The molecule has 1 aliphatic rings. The number of benzene rings is 1. The lowest BCUT2D eigenvalue weighted by molar-refractivity contribution is -0.120. The summed E-state index contributed by atoms with van der Waals surface area (Å²) < 4.78 is 22.9. The van der Waals surface area contributed by atoms with Gasteiger partial charge < -0.3 is 10.6 Å². The maximum absolute atomic E-state index is 12.0. The molecule has 1 amide bonds. The second kappa shape index (κ2) is 5.71.